The van der Waals surface area contributed by atoms with Gasteiger partial charge in [-0.05, 0) is 44.4 Å². The minimum Gasteiger partial charge on any atom is -0.293 e. The Kier molecular flexibility index (Phi) is 5.04. The minimum atomic E-state index is -0.640. The maximum absolute atomic E-state index is 9.48. The molecule has 6 nitrogen and oxygen atoms in total. The molecular weight excluding hydrogens is 312 g/mol. The molecule has 0 saturated heterocycles. The van der Waals surface area contributed by atoms with Gasteiger partial charge in [0.1, 0.15) is 6.33 Å². The maximum Gasteiger partial charge on any atom is 0.191 e. The largest absolute Gasteiger partial charge is 0.293 e. The minimum absolute atomic E-state index is 0.508. The molecule has 0 unspecified atom stereocenters. The van der Waals surface area contributed by atoms with E-state index in [1.807, 2.05) is 45.9 Å². The molecule has 0 atom stereocenters. The number of hydrogen-bond acceptors (Lipinski definition) is 5. The third kappa shape index (κ3) is 4.10. The molecule has 0 amide bonds. The van der Waals surface area contributed by atoms with Crippen LogP contribution in [0.25, 0.3) is 0 Å². The molecule has 1 aromatic carbocycles. The monoisotopic (exact) mass is 334 g/mol. The lowest BCUT2D eigenvalue weighted by atomic mass is 9.79. The van der Waals surface area contributed by atoms with Crippen molar-refractivity contribution in [2.75, 3.05) is 7.05 Å². The molecule has 0 aliphatic heterocycles. The highest BCUT2D eigenvalue weighted by molar-refractivity contribution is 5.73. The van der Waals surface area contributed by atoms with Gasteiger partial charge in [0, 0.05) is 7.05 Å². The van der Waals surface area contributed by atoms with Crippen molar-refractivity contribution in [2.24, 2.45) is 4.99 Å². The Morgan fingerprint density at radius 3 is 2.12 bits per heavy atom. The van der Waals surface area contributed by atoms with E-state index in [-0.39, 0.29) is 0 Å². The maximum atomic E-state index is 9.48. The molecule has 1 heterocycles. The molecule has 6 heteroatoms. The van der Waals surface area contributed by atoms with Gasteiger partial charge in [0.2, 0.25) is 0 Å². The second kappa shape index (κ2) is 6.86. The average molecular weight is 334 g/mol. The molecule has 0 aliphatic carbocycles. The zero-order valence-corrected chi connectivity index (χ0v) is 15.3. The van der Waals surface area contributed by atoms with E-state index in [9.17, 15) is 10.5 Å². The highest BCUT2D eigenvalue weighted by Gasteiger charge is 2.26. The van der Waals surface area contributed by atoms with Crippen LogP contribution in [0.15, 0.2) is 29.5 Å². The van der Waals surface area contributed by atoms with Crippen LogP contribution >= 0.6 is 0 Å². The molecular formula is C19H22N6. The second-order valence-electron chi connectivity index (χ2n) is 7.08. The lowest BCUT2D eigenvalue weighted by molar-refractivity contribution is 0.645. The molecule has 25 heavy (non-hydrogen) atoms. The Hall–Kier alpha value is -2.99. The third-order valence-electron chi connectivity index (χ3n) is 4.14. The SMILES string of the molecule is C/N=C/c1ncn(Cc2cc(C(C)(C)C#N)cc(C(C)(C)C#N)c2)n1. The van der Waals surface area contributed by atoms with Crippen LogP contribution in [0.2, 0.25) is 0 Å². The fourth-order valence-corrected chi connectivity index (χ4v) is 2.38. The van der Waals surface area contributed by atoms with Gasteiger partial charge < -0.3 is 0 Å². The summed E-state index contributed by atoms with van der Waals surface area (Å²) >= 11 is 0. The quantitative estimate of drug-likeness (QED) is 0.786. The van der Waals surface area contributed by atoms with Gasteiger partial charge in [-0.15, -0.1) is 5.10 Å². The van der Waals surface area contributed by atoms with Crippen molar-refractivity contribution in [1.29, 1.82) is 10.5 Å². The Bertz CT molecular complexity index is 830. The molecule has 1 aromatic heterocycles. The summed E-state index contributed by atoms with van der Waals surface area (Å²) in [7, 11) is 1.67. The highest BCUT2D eigenvalue weighted by atomic mass is 15.3. The molecule has 128 valence electrons. The molecule has 0 saturated carbocycles. The van der Waals surface area contributed by atoms with Crippen molar-refractivity contribution in [1.82, 2.24) is 14.8 Å². The summed E-state index contributed by atoms with van der Waals surface area (Å²) in [4.78, 5) is 8.08. The van der Waals surface area contributed by atoms with Crippen molar-refractivity contribution >= 4 is 6.21 Å². The summed E-state index contributed by atoms with van der Waals surface area (Å²) in [5, 5.41) is 23.3. The summed E-state index contributed by atoms with van der Waals surface area (Å²) < 4.78 is 1.72. The summed E-state index contributed by atoms with van der Waals surface area (Å²) in [6, 6.07) is 10.6. The number of nitriles is 2. The first-order valence-electron chi connectivity index (χ1n) is 8.01. The molecule has 2 aromatic rings. The molecule has 2 rings (SSSR count). The van der Waals surface area contributed by atoms with Crippen LogP contribution in [0.4, 0.5) is 0 Å². The fourth-order valence-electron chi connectivity index (χ4n) is 2.38. The summed E-state index contributed by atoms with van der Waals surface area (Å²) in [6.07, 6.45) is 3.24. The van der Waals surface area contributed by atoms with E-state index in [2.05, 4.69) is 27.2 Å². The van der Waals surface area contributed by atoms with Crippen molar-refractivity contribution in [3.8, 4) is 12.1 Å². The fraction of sp³-hybridized carbons (Fsp3) is 0.421. The standard InChI is InChI=1S/C19H22N6/c1-18(2,11-20)15-6-14(7-16(8-15)19(3,4)12-21)10-25-13-23-17(24-25)9-22-5/h6-9,13H,10H2,1-5H3/b22-9+. The molecule has 0 bridgehead atoms. The van der Waals surface area contributed by atoms with Crippen LogP contribution in [-0.4, -0.2) is 28.0 Å². The first-order valence-corrected chi connectivity index (χ1v) is 8.01. The molecule has 0 N–H and O–H groups in total. The van der Waals surface area contributed by atoms with Gasteiger partial charge in [0.25, 0.3) is 0 Å². The van der Waals surface area contributed by atoms with Crippen LogP contribution in [0.5, 0.6) is 0 Å². The summed E-state index contributed by atoms with van der Waals surface area (Å²) in [6.45, 7) is 8.01. The van der Waals surface area contributed by atoms with E-state index in [0.29, 0.717) is 12.4 Å². The molecule has 0 radical (unpaired) electrons. The zero-order valence-electron chi connectivity index (χ0n) is 15.3. The number of rotatable bonds is 5. The van der Waals surface area contributed by atoms with Crippen LogP contribution < -0.4 is 0 Å². The predicted octanol–water partition coefficient (Wildman–Crippen LogP) is 2.98. The number of aliphatic imine (C=N–C) groups is 1. The topological polar surface area (TPSA) is 90.6 Å². The highest BCUT2D eigenvalue weighted by Crippen LogP contribution is 2.30. The Labute approximate surface area is 148 Å². The van der Waals surface area contributed by atoms with Crippen LogP contribution in [-0.2, 0) is 17.4 Å². The smallest absolute Gasteiger partial charge is 0.191 e. The molecule has 0 aliphatic rings. The summed E-state index contributed by atoms with van der Waals surface area (Å²) in [5.74, 6) is 0.550. The van der Waals surface area contributed by atoms with Gasteiger partial charge in [-0.1, -0.05) is 18.2 Å². The van der Waals surface area contributed by atoms with E-state index in [0.717, 1.165) is 16.7 Å². The Morgan fingerprint density at radius 2 is 1.64 bits per heavy atom. The van der Waals surface area contributed by atoms with E-state index in [1.165, 1.54) is 0 Å². The Morgan fingerprint density at radius 1 is 1.08 bits per heavy atom. The van der Waals surface area contributed by atoms with Crippen molar-refractivity contribution in [2.45, 2.75) is 45.1 Å². The second-order valence-corrected chi connectivity index (χ2v) is 7.08. The number of nitrogens with zero attached hydrogens (tertiary/aromatic N) is 6. The number of hydrogen-bond donors (Lipinski definition) is 0. The predicted molar refractivity (Wildman–Crippen MR) is 96.4 cm³/mol. The first kappa shape index (κ1) is 18.4. The lowest BCUT2D eigenvalue weighted by Crippen LogP contribution is -2.20. The number of aromatic nitrogens is 3. The van der Waals surface area contributed by atoms with Crippen LogP contribution in [0, 0.1) is 22.7 Å². The molecule has 0 fully saturated rings. The normalized spacial score (nSPS) is 12.1. The number of benzene rings is 1. The van der Waals surface area contributed by atoms with Crippen molar-refractivity contribution in [3.05, 3.63) is 47.0 Å². The average Bonchev–Trinajstić information content (AvgIpc) is 3.02. The first-order chi connectivity index (χ1) is 11.7. The lowest BCUT2D eigenvalue weighted by Gasteiger charge is -2.23. The van der Waals surface area contributed by atoms with E-state index < -0.39 is 10.8 Å². The van der Waals surface area contributed by atoms with Gasteiger partial charge in [0.05, 0.1) is 35.7 Å². The van der Waals surface area contributed by atoms with Gasteiger partial charge in [-0.3, -0.25) is 4.99 Å². The van der Waals surface area contributed by atoms with Crippen LogP contribution in [0.1, 0.15) is 50.2 Å². The van der Waals surface area contributed by atoms with Gasteiger partial charge in [-0.2, -0.15) is 10.5 Å². The Balaban J connectivity index is 2.49. The van der Waals surface area contributed by atoms with Crippen LogP contribution in [0.3, 0.4) is 0 Å². The summed E-state index contributed by atoms with van der Waals surface area (Å²) in [5.41, 5.74) is 1.48. The van der Waals surface area contributed by atoms with Crippen molar-refractivity contribution in [3.63, 3.8) is 0 Å². The van der Waals surface area contributed by atoms with Gasteiger partial charge >= 0.3 is 0 Å². The van der Waals surface area contributed by atoms with E-state index >= 15 is 0 Å². The third-order valence-corrected chi connectivity index (χ3v) is 4.14. The molecule has 0 spiro atoms. The van der Waals surface area contributed by atoms with E-state index in [1.54, 1.807) is 24.3 Å². The van der Waals surface area contributed by atoms with E-state index in [4.69, 9.17) is 0 Å². The van der Waals surface area contributed by atoms with Gasteiger partial charge in [0.15, 0.2) is 5.82 Å². The zero-order chi connectivity index (χ0) is 18.7. The van der Waals surface area contributed by atoms with Crippen molar-refractivity contribution < 1.29 is 0 Å². The van der Waals surface area contributed by atoms with Gasteiger partial charge in [-0.25, -0.2) is 9.67 Å².